The van der Waals surface area contributed by atoms with Crippen LogP contribution in [0.1, 0.15) is 46.0 Å². The molecule has 1 fully saturated rings. The number of carbonyl (C=O) groups is 1. The van der Waals surface area contributed by atoms with Crippen LogP contribution >= 0.6 is 0 Å². The molecule has 1 nitrogen and oxygen atoms in total. The molecule has 0 radical (unpaired) electrons. The number of hydrogen-bond donors (Lipinski definition) is 0. The molecule has 2 aliphatic carbocycles. The van der Waals surface area contributed by atoms with Gasteiger partial charge in [0, 0.05) is 11.8 Å². The molecule has 2 atom stereocenters. The lowest BCUT2D eigenvalue weighted by atomic mass is 9.60. The third kappa shape index (κ3) is 1.25. The second-order valence-corrected chi connectivity index (χ2v) is 4.77. The average Bonchev–Trinajstić information content (AvgIpc) is 2.08. The maximum absolute atomic E-state index is 11.9. The van der Waals surface area contributed by atoms with E-state index in [4.69, 9.17) is 0 Å². The van der Waals surface area contributed by atoms with Crippen LogP contribution < -0.4 is 0 Å². The number of hydrogen-bond acceptors (Lipinski definition) is 1. The molecule has 1 heteroatoms. The van der Waals surface area contributed by atoms with E-state index < -0.39 is 0 Å². The van der Waals surface area contributed by atoms with Gasteiger partial charge < -0.3 is 0 Å². The summed E-state index contributed by atoms with van der Waals surface area (Å²) in [5.74, 6) is 1.07. The van der Waals surface area contributed by atoms with Crippen LogP contribution in [-0.2, 0) is 4.79 Å². The molecule has 0 spiro atoms. The van der Waals surface area contributed by atoms with E-state index in [0.29, 0.717) is 11.7 Å². The third-order valence-corrected chi connectivity index (χ3v) is 3.98. The molecule has 0 aromatic heterocycles. The van der Waals surface area contributed by atoms with Crippen LogP contribution in [0.25, 0.3) is 0 Å². The zero-order chi connectivity index (χ0) is 9.47. The van der Waals surface area contributed by atoms with Crippen molar-refractivity contribution in [1.82, 2.24) is 0 Å². The van der Waals surface area contributed by atoms with Gasteiger partial charge in [-0.15, -0.1) is 0 Å². The molecule has 0 aromatic carbocycles. The molecule has 13 heavy (non-hydrogen) atoms. The van der Waals surface area contributed by atoms with Gasteiger partial charge in [0.25, 0.3) is 0 Å². The van der Waals surface area contributed by atoms with Gasteiger partial charge in [0.2, 0.25) is 0 Å². The summed E-state index contributed by atoms with van der Waals surface area (Å²) in [6.45, 7) is 4.37. The minimum atomic E-state index is -0.00289. The first kappa shape index (κ1) is 8.98. The van der Waals surface area contributed by atoms with Gasteiger partial charge in [-0.2, -0.15) is 0 Å². The summed E-state index contributed by atoms with van der Waals surface area (Å²) in [4.78, 5) is 11.9. The molecule has 0 amide bonds. The summed E-state index contributed by atoms with van der Waals surface area (Å²) in [6, 6.07) is 0. The first-order valence-electron chi connectivity index (χ1n) is 5.34. The SMILES string of the molecule is CC1=CCC[C@@]2(C)C(=O)CCCC12. The maximum Gasteiger partial charge on any atom is 0.139 e. The van der Waals surface area contributed by atoms with Gasteiger partial charge in [-0.25, -0.2) is 0 Å². The molecular weight excluding hydrogens is 160 g/mol. The van der Waals surface area contributed by atoms with Gasteiger partial charge in [-0.3, -0.25) is 4.79 Å². The molecule has 1 unspecified atom stereocenters. The predicted octanol–water partition coefficient (Wildman–Crippen LogP) is 3.10. The molecule has 0 heterocycles. The Balaban J connectivity index is 2.34. The van der Waals surface area contributed by atoms with E-state index in [9.17, 15) is 4.79 Å². The second kappa shape index (κ2) is 2.97. The Morgan fingerprint density at radius 3 is 3.00 bits per heavy atom. The Bertz CT molecular complexity index is 264. The lowest BCUT2D eigenvalue weighted by Gasteiger charge is -2.43. The van der Waals surface area contributed by atoms with E-state index in [1.54, 1.807) is 0 Å². The summed E-state index contributed by atoms with van der Waals surface area (Å²) in [6.07, 6.45) is 7.65. The number of allylic oxidation sites excluding steroid dienone is 2. The molecule has 2 rings (SSSR count). The Morgan fingerprint density at radius 2 is 2.31 bits per heavy atom. The summed E-state index contributed by atoms with van der Waals surface area (Å²) in [5, 5.41) is 0. The molecule has 0 saturated heterocycles. The lowest BCUT2D eigenvalue weighted by Crippen LogP contribution is -2.41. The fraction of sp³-hybridized carbons (Fsp3) is 0.750. The van der Waals surface area contributed by atoms with Crippen LogP contribution in [0.15, 0.2) is 11.6 Å². The molecular formula is C12H18O. The normalized spacial score (nSPS) is 39.7. The van der Waals surface area contributed by atoms with Crippen LogP contribution in [0.5, 0.6) is 0 Å². The van der Waals surface area contributed by atoms with E-state index in [2.05, 4.69) is 19.9 Å². The van der Waals surface area contributed by atoms with Crippen molar-refractivity contribution in [2.45, 2.75) is 46.0 Å². The van der Waals surface area contributed by atoms with Crippen molar-refractivity contribution < 1.29 is 4.79 Å². The van der Waals surface area contributed by atoms with Crippen molar-refractivity contribution in [2.75, 3.05) is 0 Å². The van der Waals surface area contributed by atoms with Crippen molar-refractivity contribution in [3.8, 4) is 0 Å². The number of ketones is 1. The lowest BCUT2D eigenvalue weighted by molar-refractivity contribution is -0.133. The van der Waals surface area contributed by atoms with E-state index in [1.165, 1.54) is 12.0 Å². The standard InChI is InChI=1S/C12H18O/c1-9-5-4-8-12(2)10(9)6-3-7-11(12)13/h5,10H,3-4,6-8H2,1-2H3/t10?,12-/m1/s1. The highest BCUT2D eigenvalue weighted by Crippen LogP contribution is 2.48. The molecule has 1 saturated carbocycles. The molecule has 72 valence electrons. The Labute approximate surface area is 80.2 Å². The molecule has 0 bridgehead atoms. The van der Waals surface area contributed by atoms with Crippen molar-refractivity contribution >= 4 is 5.78 Å². The van der Waals surface area contributed by atoms with Crippen LogP contribution in [0, 0.1) is 11.3 Å². The Morgan fingerprint density at radius 1 is 1.54 bits per heavy atom. The zero-order valence-corrected chi connectivity index (χ0v) is 8.60. The highest BCUT2D eigenvalue weighted by molar-refractivity contribution is 5.86. The molecule has 0 aromatic rings. The van der Waals surface area contributed by atoms with Gasteiger partial charge >= 0.3 is 0 Å². The first-order valence-corrected chi connectivity index (χ1v) is 5.34. The smallest absolute Gasteiger partial charge is 0.139 e. The van der Waals surface area contributed by atoms with Gasteiger partial charge in [0.1, 0.15) is 5.78 Å². The number of fused-ring (bicyclic) bond motifs is 1. The highest BCUT2D eigenvalue weighted by atomic mass is 16.1. The van der Waals surface area contributed by atoms with Gasteiger partial charge in [0.05, 0.1) is 0 Å². The topological polar surface area (TPSA) is 17.1 Å². The first-order chi connectivity index (χ1) is 6.14. The van der Waals surface area contributed by atoms with E-state index >= 15 is 0 Å². The fourth-order valence-corrected chi connectivity index (χ4v) is 3.05. The van der Waals surface area contributed by atoms with E-state index in [1.807, 2.05) is 0 Å². The fourth-order valence-electron chi connectivity index (χ4n) is 3.05. The van der Waals surface area contributed by atoms with Crippen LogP contribution in [-0.4, -0.2) is 5.78 Å². The van der Waals surface area contributed by atoms with Crippen molar-refractivity contribution in [1.29, 1.82) is 0 Å². The van der Waals surface area contributed by atoms with Gasteiger partial charge in [-0.05, 0) is 38.5 Å². The van der Waals surface area contributed by atoms with Crippen molar-refractivity contribution in [3.63, 3.8) is 0 Å². The van der Waals surface area contributed by atoms with Gasteiger partial charge in [-0.1, -0.05) is 18.6 Å². The maximum atomic E-state index is 11.9. The summed E-state index contributed by atoms with van der Waals surface area (Å²) >= 11 is 0. The summed E-state index contributed by atoms with van der Waals surface area (Å²) in [7, 11) is 0. The largest absolute Gasteiger partial charge is 0.299 e. The predicted molar refractivity (Wildman–Crippen MR) is 53.4 cm³/mol. The Hall–Kier alpha value is -0.590. The quantitative estimate of drug-likeness (QED) is 0.521. The van der Waals surface area contributed by atoms with Crippen molar-refractivity contribution in [3.05, 3.63) is 11.6 Å². The second-order valence-electron chi connectivity index (χ2n) is 4.77. The van der Waals surface area contributed by atoms with E-state index in [0.717, 1.165) is 25.7 Å². The zero-order valence-electron chi connectivity index (χ0n) is 8.60. The van der Waals surface area contributed by atoms with Crippen LogP contribution in [0.2, 0.25) is 0 Å². The average molecular weight is 178 g/mol. The number of carbonyl (C=O) groups excluding carboxylic acids is 1. The highest BCUT2D eigenvalue weighted by Gasteiger charge is 2.44. The van der Waals surface area contributed by atoms with E-state index in [-0.39, 0.29) is 5.41 Å². The summed E-state index contributed by atoms with van der Waals surface area (Å²) in [5.41, 5.74) is 1.46. The minimum absolute atomic E-state index is 0.00289. The van der Waals surface area contributed by atoms with Crippen LogP contribution in [0.4, 0.5) is 0 Å². The molecule has 0 N–H and O–H groups in total. The minimum Gasteiger partial charge on any atom is -0.299 e. The molecule has 0 aliphatic heterocycles. The van der Waals surface area contributed by atoms with Crippen molar-refractivity contribution in [2.24, 2.45) is 11.3 Å². The summed E-state index contributed by atoms with van der Waals surface area (Å²) < 4.78 is 0. The Kier molecular flexibility index (Phi) is 2.05. The third-order valence-electron chi connectivity index (χ3n) is 3.98. The van der Waals surface area contributed by atoms with Crippen LogP contribution in [0.3, 0.4) is 0 Å². The molecule has 2 aliphatic rings. The number of rotatable bonds is 0. The number of Topliss-reactive ketones (excluding diaryl/α,β-unsaturated/α-hetero) is 1. The van der Waals surface area contributed by atoms with Gasteiger partial charge in [0.15, 0.2) is 0 Å². The monoisotopic (exact) mass is 178 g/mol.